The van der Waals surface area contributed by atoms with E-state index in [1.807, 2.05) is 6.92 Å². The fraction of sp³-hybridized carbons (Fsp3) is 0.909. The number of rotatable bonds is 6. The van der Waals surface area contributed by atoms with Gasteiger partial charge in [0, 0.05) is 0 Å². The van der Waals surface area contributed by atoms with E-state index in [4.69, 9.17) is 16.2 Å². The van der Waals surface area contributed by atoms with Crippen LogP contribution < -0.4 is 11.5 Å². The van der Waals surface area contributed by atoms with Crippen molar-refractivity contribution in [3.63, 3.8) is 0 Å². The van der Waals surface area contributed by atoms with E-state index in [0.717, 1.165) is 12.8 Å². The van der Waals surface area contributed by atoms with Gasteiger partial charge in [0.1, 0.15) is 5.54 Å². The van der Waals surface area contributed by atoms with E-state index in [-0.39, 0.29) is 18.6 Å². The second kappa shape index (κ2) is 4.49. The van der Waals surface area contributed by atoms with Crippen LogP contribution in [0.3, 0.4) is 0 Å². The molecule has 0 spiro atoms. The van der Waals surface area contributed by atoms with Gasteiger partial charge in [-0.1, -0.05) is 13.8 Å². The Labute approximate surface area is 91.3 Å². The molecule has 15 heavy (non-hydrogen) atoms. The lowest BCUT2D eigenvalue weighted by Crippen LogP contribution is -2.57. The Hall–Kier alpha value is -0.610. The molecule has 2 atom stereocenters. The number of carbonyl (C=O) groups excluding carboxylic acids is 1. The summed E-state index contributed by atoms with van der Waals surface area (Å²) in [7, 11) is 0. The zero-order chi connectivity index (χ0) is 11.6. The summed E-state index contributed by atoms with van der Waals surface area (Å²) < 4.78 is 5.61. The number of hydrogen-bond acceptors (Lipinski definition) is 3. The molecule has 4 heteroatoms. The minimum Gasteiger partial charge on any atom is -0.376 e. The monoisotopic (exact) mass is 214 g/mol. The van der Waals surface area contributed by atoms with Crippen LogP contribution in [0.2, 0.25) is 0 Å². The van der Waals surface area contributed by atoms with Crippen molar-refractivity contribution < 1.29 is 9.53 Å². The molecule has 0 aromatic heterocycles. The molecule has 2 unspecified atom stereocenters. The van der Waals surface area contributed by atoms with Crippen molar-refractivity contribution in [2.45, 2.75) is 45.3 Å². The van der Waals surface area contributed by atoms with Crippen molar-refractivity contribution in [3.8, 4) is 0 Å². The van der Waals surface area contributed by atoms with Crippen LogP contribution in [0.4, 0.5) is 0 Å². The number of ether oxygens (including phenoxy) is 1. The number of nitrogens with two attached hydrogens (primary N) is 2. The largest absolute Gasteiger partial charge is 0.376 e. The molecule has 0 aromatic rings. The normalized spacial score (nSPS) is 22.5. The molecule has 1 amide bonds. The summed E-state index contributed by atoms with van der Waals surface area (Å²) in [6.45, 7) is 6.37. The van der Waals surface area contributed by atoms with E-state index in [0.29, 0.717) is 5.92 Å². The van der Waals surface area contributed by atoms with E-state index in [1.54, 1.807) is 0 Å². The van der Waals surface area contributed by atoms with Crippen LogP contribution in [0.5, 0.6) is 0 Å². The molecule has 1 rings (SSSR count). The highest BCUT2D eigenvalue weighted by molar-refractivity contribution is 5.85. The highest BCUT2D eigenvalue weighted by Gasteiger charge is 2.47. The molecule has 1 saturated carbocycles. The molecule has 1 fully saturated rings. The van der Waals surface area contributed by atoms with Crippen LogP contribution in [0.1, 0.15) is 33.6 Å². The van der Waals surface area contributed by atoms with Crippen molar-refractivity contribution in [1.29, 1.82) is 0 Å². The highest BCUT2D eigenvalue weighted by Crippen LogP contribution is 2.38. The van der Waals surface area contributed by atoms with Crippen LogP contribution in [-0.4, -0.2) is 24.2 Å². The summed E-state index contributed by atoms with van der Waals surface area (Å²) in [6, 6.07) is 0. The van der Waals surface area contributed by atoms with E-state index in [9.17, 15) is 4.79 Å². The second-order valence-corrected chi connectivity index (χ2v) is 4.94. The van der Waals surface area contributed by atoms with Crippen molar-refractivity contribution in [1.82, 2.24) is 0 Å². The first kappa shape index (κ1) is 12.5. The number of carbonyl (C=O) groups is 1. The fourth-order valence-electron chi connectivity index (χ4n) is 1.45. The maximum atomic E-state index is 11.3. The molecule has 0 radical (unpaired) electrons. The molecular formula is C11H22N2O2. The number of amides is 1. The van der Waals surface area contributed by atoms with Crippen molar-refractivity contribution in [2.75, 3.05) is 6.61 Å². The topological polar surface area (TPSA) is 78.3 Å². The molecule has 4 N–H and O–H groups in total. The predicted molar refractivity (Wildman–Crippen MR) is 59.1 cm³/mol. The van der Waals surface area contributed by atoms with Crippen LogP contribution in [0.25, 0.3) is 0 Å². The Morgan fingerprint density at radius 3 is 2.33 bits per heavy atom. The SMILES string of the molecule is CC(C)C(C)OCC(N)(C(N)=O)C1CC1. The summed E-state index contributed by atoms with van der Waals surface area (Å²) in [5, 5.41) is 0. The third kappa shape index (κ3) is 2.92. The van der Waals surface area contributed by atoms with Gasteiger partial charge in [0.25, 0.3) is 0 Å². The summed E-state index contributed by atoms with van der Waals surface area (Å²) in [5.41, 5.74) is 10.4. The standard InChI is InChI=1S/C11H22N2O2/c1-7(2)8(3)15-6-11(13,10(12)14)9-4-5-9/h7-9H,4-6,13H2,1-3H3,(H2,12,14). The van der Waals surface area contributed by atoms with Crippen LogP contribution in [0, 0.1) is 11.8 Å². The molecule has 88 valence electrons. The maximum absolute atomic E-state index is 11.3. The molecule has 0 aliphatic heterocycles. The lowest BCUT2D eigenvalue weighted by Gasteiger charge is -2.28. The maximum Gasteiger partial charge on any atom is 0.240 e. The molecule has 1 aliphatic rings. The van der Waals surface area contributed by atoms with E-state index >= 15 is 0 Å². The van der Waals surface area contributed by atoms with Gasteiger partial charge in [-0.05, 0) is 31.6 Å². The molecule has 0 aromatic carbocycles. The quantitative estimate of drug-likeness (QED) is 0.681. The van der Waals surface area contributed by atoms with E-state index in [1.165, 1.54) is 0 Å². The van der Waals surface area contributed by atoms with Crippen LogP contribution >= 0.6 is 0 Å². The minimum atomic E-state index is -0.955. The minimum absolute atomic E-state index is 0.103. The Kier molecular flexibility index (Phi) is 3.73. The van der Waals surface area contributed by atoms with Gasteiger partial charge in [0.2, 0.25) is 5.91 Å². The Morgan fingerprint density at radius 2 is 2.00 bits per heavy atom. The third-order valence-electron chi connectivity index (χ3n) is 3.29. The Bertz CT molecular complexity index is 239. The summed E-state index contributed by atoms with van der Waals surface area (Å²) in [6.07, 6.45) is 2.07. The zero-order valence-electron chi connectivity index (χ0n) is 9.82. The van der Waals surface area contributed by atoms with Gasteiger partial charge >= 0.3 is 0 Å². The van der Waals surface area contributed by atoms with Gasteiger partial charge in [-0.15, -0.1) is 0 Å². The predicted octanol–water partition coefficient (Wildman–Crippen LogP) is 0.640. The van der Waals surface area contributed by atoms with E-state index in [2.05, 4.69) is 13.8 Å². The summed E-state index contributed by atoms with van der Waals surface area (Å²) in [5.74, 6) is 0.191. The molecular weight excluding hydrogens is 192 g/mol. The summed E-state index contributed by atoms with van der Waals surface area (Å²) >= 11 is 0. The van der Waals surface area contributed by atoms with Crippen molar-refractivity contribution in [2.24, 2.45) is 23.3 Å². The fourth-order valence-corrected chi connectivity index (χ4v) is 1.45. The van der Waals surface area contributed by atoms with Gasteiger partial charge in [-0.25, -0.2) is 0 Å². The van der Waals surface area contributed by atoms with Crippen LogP contribution in [0.15, 0.2) is 0 Å². The van der Waals surface area contributed by atoms with Crippen molar-refractivity contribution in [3.05, 3.63) is 0 Å². The lowest BCUT2D eigenvalue weighted by molar-refractivity contribution is -0.127. The lowest BCUT2D eigenvalue weighted by atomic mass is 9.94. The molecule has 0 bridgehead atoms. The molecule has 1 aliphatic carbocycles. The van der Waals surface area contributed by atoms with Gasteiger partial charge in [-0.3, -0.25) is 4.79 Å². The molecule has 0 heterocycles. The molecule has 4 nitrogen and oxygen atoms in total. The van der Waals surface area contributed by atoms with E-state index < -0.39 is 11.4 Å². The first-order chi connectivity index (χ1) is 6.88. The number of hydrogen-bond donors (Lipinski definition) is 2. The van der Waals surface area contributed by atoms with Gasteiger partial charge < -0.3 is 16.2 Å². The Balaban J connectivity index is 2.49. The first-order valence-electron chi connectivity index (χ1n) is 5.58. The van der Waals surface area contributed by atoms with Crippen LogP contribution in [-0.2, 0) is 9.53 Å². The van der Waals surface area contributed by atoms with Gasteiger partial charge in [0.15, 0.2) is 0 Å². The smallest absolute Gasteiger partial charge is 0.240 e. The Morgan fingerprint density at radius 1 is 1.47 bits per heavy atom. The van der Waals surface area contributed by atoms with Crippen molar-refractivity contribution >= 4 is 5.91 Å². The summed E-state index contributed by atoms with van der Waals surface area (Å²) in [4.78, 5) is 11.3. The first-order valence-corrected chi connectivity index (χ1v) is 5.58. The zero-order valence-corrected chi connectivity index (χ0v) is 9.82. The average Bonchev–Trinajstić information content (AvgIpc) is 2.96. The van der Waals surface area contributed by atoms with Gasteiger partial charge in [0.05, 0.1) is 12.7 Å². The number of primary amides is 1. The molecule has 0 saturated heterocycles. The third-order valence-corrected chi connectivity index (χ3v) is 3.29. The average molecular weight is 214 g/mol. The second-order valence-electron chi connectivity index (χ2n) is 4.94. The highest BCUT2D eigenvalue weighted by atomic mass is 16.5. The van der Waals surface area contributed by atoms with Gasteiger partial charge in [-0.2, -0.15) is 0 Å².